The molecule has 0 saturated carbocycles. The molecule has 2 atom stereocenters. The van der Waals surface area contributed by atoms with Crippen LogP contribution in [0.15, 0.2) is 47.2 Å². The highest BCUT2D eigenvalue weighted by Crippen LogP contribution is 2.49. The third-order valence-electron chi connectivity index (χ3n) is 7.61. The number of nitrogens with one attached hydrogen (secondary N) is 1. The van der Waals surface area contributed by atoms with Gasteiger partial charge in [-0.15, -0.1) is 0 Å². The van der Waals surface area contributed by atoms with Crippen molar-refractivity contribution in [2.45, 2.75) is 73.3 Å². The van der Waals surface area contributed by atoms with Crippen molar-refractivity contribution in [2.75, 3.05) is 10.2 Å². The van der Waals surface area contributed by atoms with E-state index < -0.39 is 0 Å². The molecule has 0 fully saturated rings. The minimum absolute atomic E-state index is 0.0129. The second kappa shape index (κ2) is 7.11. The Kier molecular flexibility index (Phi) is 4.95. The average molecular weight is 407 g/mol. The number of ketones is 1. The van der Waals surface area contributed by atoms with Gasteiger partial charge in [0, 0.05) is 24.6 Å². The number of fused-ring (bicyclic) bond motifs is 1. The van der Waals surface area contributed by atoms with Crippen LogP contribution >= 0.6 is 0 Å². The van der Waals surface area contributed by atoms with Crippen LogP contribution in [0.1, 0.15) is 67.2 Å². The van der Waals surface area contributed by atoms with Crippen molar-refractivity contribution in [1.29, 1.82) is 0 Å². The van der Waals surface area contributed by atoms with Crippen molar-refractivity contribution in [3.8, 4) is 0 Å². The minimum Gasteiger partial charge on any atom is -0.357 e. The molecule has 4 nitrogen and oxygen atoms in total. The smallest absolute Gasteiger partial charge is 0.224 e. The molecule has 160 valence electrons. The number of carbonyl (C=O) groups is 2. The van der Waals surface area contributed by atoms with Crippen LogP contribution in [-0.2, 0) is 9.59 Å². The fourth-order valence-corrected chi connectivity index (χ4v) is 5.55. The van der Waals surface area contributed by atoms with Gasteiger partial charge in [-0.05, 0) is 55.1 Å². The van der Waals surface area contributed by atoms with Gasteiger partial charge in [-0.2, -0.15) is 0 Å². The first kappa shape index (κ1) is 20.9. The predicted molar refractivity (Wildman–Crippen MR) is 122 cm³/mol. The molecule has 4 rings (SSSR count). The van der Waals surface area contributed by atoms with Crippen molar-refractivity contribution in [1.82, 2.24) is 0 Å². The Hall–Kier alpha value is -2.36. The lowest BCUT2D eigenvalue weighted by Crippen LogP contribution is -2.45. The van der Waals surface area contributed by atoms with E-state index in [0.29, 0.717) is 12.3 Å². The molecular weight excluding hydrogens is 372 g/mol. The Morgan fingerprint density at radius 2 is 1.87 bits per heavy atom. The summed E-state index contributed by atoms with van der Waals surface area (Å²) in [6, 6.07) is 7.72. The molecule has 4 heteroatoms. The fourth-order valence-electron chi connectivity index (χ4n) is 5.55. The summed E-state index contributed by atoms with van der Waals surface area (Å²) >= 11 is 0. The molecular formula is C26H34N2O2. The Labute approximate surface area is 180 Å². The second-order valence-corrected chi connectivity index (χ2v) is 10.7. The van der Waals surface area contributed by atoms with Gasteiger partial charge >= 0.3 is 0 Å². The summed E-state index contributed by atoms with van der Waals surface area (Å²) in [7, 11) is 0. The van der Waals surface area contributed by atoms with Crippen molar-refractivity contribution in [2.24, 2.45) is 16.7 Å². The first-order valence-electron chi connectivity index (χ1n) is 11.1. The quantitative estimate of drug-likeness (QED) is 0.626. The van der Waals surface area contributed by atoms with Crippen molar-refractivity contribution < 1.29 is 9.59 Å². The first-order valence-corrected chi connectivity index (χ1v) is 11.1. The molecule has 3 aliphatic rings. The number of rotatable bonds is 2. The Morgan fingerprint density at radius 1 is 1.17 bits per heavy atom. The summed E-state index contributed by atoms with van der Waals surface area (Å²) in [6.45, 7) is 12.7. The Morgan fingerprint density at radius 3 is 2.50 bits per heavy atom. The fraction of sp³-hybridized carbons (Fsp3) is 0.538. The maximum Gasteiger partial charge on any atom is 0.224 e. The highest BCUT2D eigenvalue weighted by molar-refractivity contribution is 6.05. The molecule has 1 aromatic carbocycles. The van der Waals surface area contributed by atoms with Crippen LogP contribution < -0.4 is 10.2 Å². The first-order chi connectivity index (χ1) is 14.0. The van der Waals surface area contributed by atoms with E-state index in [4.69, 9.17) is 0 Å². The largest absolute Gasteiger partial charge is 0.357 e. The minimum atomic E-state index is -0.235. The van der Waals surface area contributed by atoms with Crippen LogP contribution in [0, 0.1) is 16.7 Å². The summed E-state index contributed by atoms with van der Waals surface area (Å²) < 4.78 is 0. The molecule has 1 aromatic rings. The van der Waals surface area contributed by atoms with Gasteiger partial charge in [-0.1, -0.05) is 51.5 Å². The molecule has 2 aliphatic carbocycles. The number of anilines is 2. The molecule has 0 bridgehead atoms. The van der Waals surface area contributed by atoms with E-state index >= 15 is 0 Å². The summed E-state index contributed by atoms with van der Waals surface area (Å²) in [4.78, 5) is 28.3. The van der Waals surface area contributed by atoms with Crippen LogP contribution in [0.5, 0.6) is 0 Å². The Bertz CT molecular complexity index is 967. The zero-order valence-electron chi connectivity index (χ0n) is 19.1. The zero-order valence-corrected chi connectivity index (χ0v) is 19.1. The average Bonchev–Trinajstić information content (AvgIpc) is 2.81. The maximum atomic E-state index is 13.5. The summed E-state index contributed by atoms with van der Waals surface area (Å²) in [6.07, 6.45) is 5.46. The van der Waals surface area contributed by atoms with Crippen LogP contribution in [0.2, 0.25) is 0 Å². The molecule has 0 spiro atoms. The highest BCUT2D eigenvalue weighted by Gasteiger charge is 2.45. The zero-order chi connectivity index (χ0) is 21.8. The third-order valence-corrected chi connectivity index (χ3v) is 7.61. The molecule has 2 unspecified atom stereocenters. The standard InChI is InChI=1S/C26H34N2O2/c1-16-11-12-18(26(16,5)6)13-22-24-20(14-25(3,4)15-23(24)30)27-19-9-7-8-10-21(19)28(22)17(2)29/h7-11,18,22,27H,12-15H2,1-6H3. The molecule has 0 radical (unpaired) electrons. The van der Waals surface area contributed by atoms with E-state index in [1.165, 1.54) is 5.57 Å². The van der Waals surface area contributed by atoms with Gasteiger partial charge < -0.3 is 10.2 Å². The van der Waals surface area contributed by atoms with Crippen LogP contribution in [-0.4, -0.2) is 17.7 Å². The van der Waals surface area contributed by atoms with Crippen LogP contribution in [0.3, 0.4) is 0 Å². The topological polar surface area (TPSA) is 49.4 Å². The lowest BCUT2D eigenvalue weighted by molar-refractivity contribution is -0.118. The molecule has 30 heavy (non-hydrogen) atoms. The lowest BCUT2D eigenvalue weighted by Gasteiger charge is -2.40. The van der Waals surface area contributed by atoms with Gasteiger partial charge in [0.1, 0.15) is 0 Å². The monoisotopic (exact) mass is 406 g/mol. The van der Waals surface area contributed by atoms with E-state index in [1.54, 1.807) is 6.92 Å². The summed E-state index contributed by atoms with van der Waals surface area (Å²) in [5.74, 6) is 0.561. The van der Waals surface area contributed by atoms with Gasteiger partial charge in [-0.25, -0.2) is 0 Å². The number of carbonyl (C=O) groups excluding carboxylic acids is 2. The Balaban J connectivity index is 1.86. The lowest BCUT2D eigenvalue weighted by atomic mass is 9.70. The van der Waals surface area contributed by atoms with Crippen LogP contribution in [0.25, 0.3) is 0 Å². The molecule has 0 saturated heterocycles. The summed E-state index contributed by atoms with van der Waals surface area (Å²) in [5, 5.41) is 3.57. The maximum absolute atomic E-state index is 13.5. The predicted octanol–water partition coefficient (Wildman–Crippen LogP) is 5.86. The van der Waals surface area contributed by atoms with E-state index in [0.717, 1.165) is 41.9 Å². The number of nitrogens with zero attached hydrogens (tertiary/aromatic N) is 1. The van der Waals surface area contributed by atoms with E-state index in [1.807, 2.05) is 29.2 Å². The van der Waals surface area contributed by atoms with Crippen LogP contribution in [0.4, 0.5) is 11.4 Å². The van der Waals surface area contributed by atoms with Gasteiger partial charge in [0.2, 0.25) is 5.91 Å². The van der Waals surface area contributed by atoms with Crippen molar-refractivity contribution in [3.63, 3.8) is 0 Å². The number of Topliss-reactive ketones (excluding diaryl/α,β-unsaturated/α-hetero) is 1. The van der Waals surface area contributed by atoms with Crippen molar-refractivity contribution >= 4 is 23.1 Å². The number of allylic oxidation sites excluding steroid dienone is 3. The second-order valence-electron chi connectivity index (χ2n) is 10.7. The van der Waals surface area contributed by atoms with Gasteiger partial charge in [0.05, 0.1) is 17.4 Å². The van der Waals surface area contributed by atoms with E-state index in [2.05, 4.69) is 46.0 Å². The molecule has 1 N–H and O–H groups in total. The number of benzene rings is 1. The van der Waals surface area contributed by atoms with E-state index in [9.17, 15) is 9.59 Å². The van der Waals surface area contributed by atoms with Crippen molar-refractivity contribution in [3.05, 3.63) is 47.2 Å². The van der Waals surface area contributed by atoms with Gasteiger partial charge in [0.25, 0.3) is 0 Å². The molecule has 1 aliphatic heterocycles. The highest BCUT2D eigenvalue weighted by atomic mass is 16.2. The van der Waals surface area contributed by atoms with Gasteiger partial charge in [0.15, 0.2) is 5.78 Å². The number of hydrogen-bond donors (Lipinski definition) is 1. The molecule has 1 heterocycles. The normalized spacial score (nSPS) is 27.1. The molecule has 0 aromatic heterocycles. The number of amides is 1. The summed E-state index contributed by atoms with van der Waals surface area (Å²) in [5.41, 5.74) is 4.99. The SMILES string of the molecule is CC(=O)N1c2ccccc2NC2=C(C(=O)CC(C)(C)C2)C1CC1CC=C(C)C1(C)C. The van der Waals surface area contributed by atoms with Gasteiger partial charge in [-0.3, -0.25) is 9.59 Å². The molecule has 1 amide bonds. The third kappa shape index (κ3) is 3.40. The van der Waals surface area contributed by atoms with E-state index in [-0.39, 0.29) is 28.6 Å². The number of para-hydroxylation sites is 2. The number of hydrogen-bond acceptors (Lipinski definition) is 3.